The predicted octanol–water partition coefficient (Wildman–Crippen LogP) is 1.69. The van der Waals surface area contributed by atoms with E-state index in [0.29, 0.717) is 18.7 Å². The van der Waals surface area contributed by atoms with Crippen LogP contribution in [0.25, 0.3) is 0 Å². The molecule has 0 fully saturated rings. The van der Waals surface area contributed by atoms with E-state index in [1.807, 2.05) is 19.1 Å². The van der Waals surface area contributed by atoms with E-state index < -0.39 is 0 Å². The van der Waals surface area contributed by atoms with Gasteiger partial charge in [-0.3, -0.25) is 9.78 Å². The van der Waals surface area contributed by atoms with Gasteiger partial charge >= 0.3 is 0 Å². The SMILES string of the molecule is Cc1ccc(C#CCN)cc1C(=O)NCc1cncs1. The van der Waals surface area contributed by atoms with E-state index >= 15 is 0 Å². The summed E-state index contributed by atoms with van der Waals surface area (Å²) in [5.41, 5.74) is 9.45. The van der Waals surface area contributed by atoms with Crippen molar-refractivity contribution in [1.29, 1.82) is 0 Å². The van der Waals surface area contributed by atoms with Gasteiger partial charge in [0.15, 0.2) is 0 Å². The third-order valence-electron chi connectivity index (χ3n) is 2.72. The summed E-state index contributed by atoms with van der Waals surface area (Å²) in [4.78, 5) is 17.2. The topological polar surface area (TPSA) is 68.0 Å². The van der Waals surface area contributed by atoms with Gasteiger partial charge in [-0.05, 0) is 24.6 Å². The lowest BCUT2D eigenvalue weighted by Gasteiger charge is -2.07. The third-order valence-corrected chi connectivity index (χ3v) is 3.50. The summed E-state index contributed by atoms with van der Waals surface area (Å²) in [6.45, 7) is 2.70. The Kier molecular flexibility index (Phi) is 4.88. The van der Waals surface area contributed by atoms with Crippen LogP contribution in [-0.4, -0.2) is 17.4 Å². The van der Waals surface area contributed by atoms with Crippen molar-refractivity contribution in [3.05, 3.63) is 51.5 Å². The molecule has 4 nitrogen and oxygen atoms in total. The molecule has 1 aromatic heterocycles. The van der Waals surface area contributed by atoms with Crippen molar-refractivity contribution in [1.82, 2.24) is 10.3 Å². The van der Waals surface area contributed by atoms with Gasteiger partial charge in [-0.15, -0.1) is 11.3 Å². The van der Waals surface area contributed by atoms with E-state index in [9.17, 15) is 4.79 Å². The van der Waals surface area contributed by atoms with Crippen LogP contribution in [0.4, 0.5) is 0 Å². The fraction of sp³-hybridized carbons (Fsp3) is 0.200. The lowest BCUT2D eigenvalue weighted by Crippen LogP contribution is -2.23. The Bertz CT molecular complexity index is 653. The van der Waals surface area contributed by atoms with Crippen molar-refractivity contribution in [2.75, 3.05) is 6.54 Å². The van der Waals surface area contributed by atoms with Gasteiger partial charge in [0.25, 0.3) is 5.91 Å². The standard InChI is InChI=1S/C15H15N3OS/c1-11-4-5-12(3-2-6-16)7-14(11)15(19)18-9-13-8-17-10-20-13/h4-5,7-8,10H,6,9,16H2,1H3,(H,18,19). The summed E-state index contributed by atoms with van der Waals surface area (Å²) >= 11 is 1.52. The molecule has 20 heavy (non-hydrogen) atoms. The molecule has 0 spiro atoms. The first-order chi connectivity index (χ1) is 9.70. The van der Waals surface area contributed by atoms with Crippen LogP contribution in [0.2, 0.25) is 0 Å². The molecule has 0 aliphatic carbocycles. The maximum atomic E-state index is 12.2. The number of rotatable bonds is 3. The molecule has 0 radical (unpaired) electrons. The van der Waals surface area contributed by atoms with Gasteiger partial charge < -0.3 is 11.1 Å². The number of amides is 1. The Morgan fingerprint density at radius 2 is 2.35 bits per heavy atom. The minimum absolute atomic E-state index is 0.104. The van der Waals surface area contributed by atoms with Crippen LogP contribution in [0.5, 0.6) is 0 Å². The maximum Gasteiger partial charge on any atom is 0.251 e. The highest BCUT2D eigenvalue weighted by Crippen LogP contribution is 2.11. The minimum atomic E-state index is -0.104. The molecule has 2 rings (SSSR count). The molecule has 2 aromatic rings. The summed E-state index contributed by atoms with van der Waals surface area (Å²) in [5, 5.41) is 2.88. The zero-order valence-corrected chi connectivity index (χ0v) is 12.0. The second-order valence-corrected chi connectivity index (χ2v) is 5.16. The summed E-state index contributed by atoms with van der Waals surface area (Å²) < 4.78 is 0. The highest BCUT2D eigenvalue weighted by Gasteiger charge is 2.09. The molecule has 0 atom stereocenters. The number of nitrogens with zero attached hydrogens (tertiary/aromatic N) is 1. The fourth-order valence-electron chi connectivity index (χ4n) is 1.69. The van der Waals surface area contributed by atoms with Crippen molar-refractivity contribution >= 4 is 17.2 Å². The van der Waals surface area contributed by atoms with E-state index in [1.165, 1.54) is 11.3 Å². The van der Waals surface area contributed by atoms with Crippen LogP contribution in [0.3, 0.4) is 0 Å². The molecular formula is C15H15N3OS. The molecule has 0 aliphatic rings. The van der Waals surface area contributed by atoms with Gasteiger partial charge in [-0.25, -0.2) is 0 Å². The molecule has 0 unspecified atom stereocenters. The minimum Gasteiger partial charge on any atom is -0.347 e. The number of thiazole rings is 1. The summed E-state index contributed by atoms with van der Waals surface area (Å²) in [6, 6.07) is 5.57. The van der Waals surface area contributed by atoms with Gasteiger partial charge in [0.1, 0.15) is 0 Å². The molecule has 1 amide bonds. The third kappa shape index (κ3) is 3.67. The number of aromatic nitrogens is 1. The average molecular weight is 285 g/mol. The first kappa shape index (κ1) is 14.3. The number of carbonyl (C=O) groups excluding carboxylic acids is 1. The highest BCUT2D eigenvalue weighted by molar-refractivity contribution is 7.09. The molecule has 1 aromatic carbocycles. The average Bonchev–Trinajstić information content (AvgIpc) is 2.97. The van der Waals surface area contributed by atoms with Crippen LogP contribution < -0.4 is 11.1 Å². The van der Waals surface area contributed by atoms with Crippen molar-refractivity contribution in [3.63, 3.8) is 0 Å². The van der Waals surface area contributed by atoms with Crippen molar-refractivity contribution < 1.29 is 4.79 Å². The Balaban J connectivity index is 2.12. The first-order valence-electron chi connectivity index (χ1n) is 6.16. The van der Waals surface area contributed by atoms with Gasteiger partial charge in [-0.2, -0.15) is 0 Å². The number of nitrogens with one attached hydrogen (secondary N) is 1. The number of benzene rings is 1. The zero-order valence-electron chi connectivity index (χ0n) is 11.1. The molecule has 102 valence electrons. The second-order valence-electron chi connectivity index (χ2n) is 4.19. The van der Waals surface area contributed by atoms with Crippen molar-refractivity contribution in [2.24, 2.45) is 5.73 Å². The lowest BCUT2D eigenvalue weighted by molar-refractivity contribution is 0.0950. The normalized spacial score (nSPS) is 9.70. The van der Waals surface area contributed by atoms with Gasteiger partial charge in [0, 0.05) is 22.2 Å². The van der Waals surface area contributed by atoms with Crippen LogP contribution in [0, 0.1) is 18.8 Å². The largest absolute Gasteiger partial charge is 0.347 e. The van der Waals surface area contributed by atoms with E-state index in [0.717, 1.165) is 16.0 Å². The fourth-order valence-corrected chi connectivity index (χ4v) is 2.22. The molecular weight excluding hydrogens is 270 g/mol. The second kappa shape index (κ2) is 6.85. The van der Waals surface area contributed by atoms with Crippen LogP contribution in [0.15, 0.2) is 29.9 Å². The van der Waals surface area contributed by atoms with E-state index in [-0.39, 0.29) is 5.91 Å². The summed E-state index contributed by atoms with van der Waals surface area (Å²) in [7, 11) is 0. The van der Waals surface area contributed by atoms with Gasteiger partial charge in [0.05, 0.1) is 18.6 Å². The molecule has 0 saturated heterocycles. The Morgan fingerprint density at radius 3 is 3.05 bits per heavy atom. The number of carbonyl (C=O) groups is 1. The molecule has 0 aliphatic heterocycles. The van der Waals surface area contributed by atoms with Gasteiger partial charge in [-0.1, -0.05) is 17.9 Å². The van der Waals surface area contributed by atoms with Crippen LogP contribution in [-0.2, 0) is 6.54 Å². The van der Waals surface area contributed by atoms with Crippen molar-refractivity contribution in [3.8, 4) is 11.8 Å². The smallest absolute Gasteiger partial charge is 0.251 e. The quantitative estimate of drug-likeness (QED) is 0.843. The maximum absolute atomic E-state index is 12.2. The van der Waals surface area contributed by atoms with Crippen LogP contribution >= 0.6 is 11.3 Å². The molecule has 1 heterocycles. The van der Waals surface area contributed by atoms with E-state index in [4.69, 9.17) is 5.73 Å². The first-order valence-corrected chi connectivity index (χ1v) is 7.04. The van der Waals surface area contributed by atoms with E-state index in [1.54, 1.807) is 17.8 Å². The zero-order chi connectivity index (χ0) is 14.4. The number of hydrogen-bond donors (Lipinski definition) is 2. The number of nitrogens with two attached hydrogens (primary N) is 1. The molecule has 0 bridgehead atoms. The molecule has 0 saturated carbocycles. The Hall–Kier alpha value is -2.16. The monoisotopic (exact) mass is 285 g/mol. The highest BCUT2D eigenvalue weighted by atomic mass is 32.1. The lowest BCUT2D eigenvalue weighted by atomic mass is 10.0. The predicted molar refractivity (Wildman–Crippen MR) is 80.4 cm³/mol. The Morgan fingerprint density at radius 1 is 1.50 bits per heavy atom. The van der Waals surface area contributed by atoms with Crippen LogP contribution in [0.1, 0.15) is 26.4 Å². The van der Waals surface area contributed by atoms with Crippen molar-refractivity contribution in [2.45, 2.75) is 13.5 Å². The summed E-state index contributed by atoms with van der Waals surface area (Å²) in [6.07, 6.45) is 1.75. The Labute approximate surface area is 122 Å². The number of aryl methyl sites for hydroxylation is 1. The molecule has 5 heteroatoms. The number of hydrogen-bond acceptors (Lipinski definition) is 4. The molecule has 3 N–H and O–H groups in total. The summed E-state index contributed by atoms with van der Waals surface area (Å²) in [5.74, 6) is 5.61. The van der Waals surface area contributed by atoms with Gasteiger partial charge in [0.2, 0.25) is 0 Å². The van der Waals surface area contributed by atoms with E-state index in [2.05, 4.69) is 22.1 Å².